The van der Waals surface area contributed by atoms with E-state index >= 15 is 0 Å². The van der Waals surface area contributed by atoms with Crippen molar-refractivity contribution in [2.75, 3.05) is 0 Å². The molecule has 4 heteroatoms. The molecular weight excluding hydrogens is 279 g/mol. The lowest BCUT2D eigenvalue weighted by molar-refractivity contribution is 0.338. The van der Waals surface area contributed by atoms with Gasteiger partial charge in [0.1, 0.15) is 0 Å². The highest BCUT2D eigenvalue weighted by Gasteiger charge is 2.16. The van der Waals surface area contributed by atoms with E-state index in [-0.39, 0.29) is 0 Å². The molecule has 102 valence electrons. The van der Waals surface area contributed by atoms with Crippen LogP contribution in [0, 0.1) is 5.92 Å². The van der Waals surface area contributed by atoms with Crippen molar-refractivity contribution in [3.8, 4) is 0 Å². The number of fused-ring (bicyclic) bond motifs is 1. The SMILES string of the molecule is Clc1cc2cncn2c(CCC2CCCCC2)c1Cl. The molecule has 19 heavy (non-hydrogen) atoms. The summed E-state index contributed by atoms with van der Waals surface area (Å²) in [5, 5.41) is 1.32. The Hall–Kier alpha value is -0.730. The summed E-state index contributed by atoms with van der Waals surface area (Å²) in [5.74, 6) is 0.849. The molecule has 0 aliphatic heterocycles. The van der Waals surface area contributed by atoms with Crippen LogP contribution in [-0.2, 0) is 6.42 Å². The van der Waals surface area contributed by atoms with Crippen LogP contribution in [0.5, 0.6) is 0 Å². The Balaban J connectivity index is 1.82. The van der Waals surface area contributed by atoms with Crippen molar-refractivity contribution in [1.82, 2.24) is 9.38 Å². The minimum atomic E-state index is 0.633. The minimum Gasteiger partial charge on any atom is -0.302 e. The number of pyridine rings is 1. The molecule has 0 aromatic carbocycles. The second-order valence-corrected chi connectivity index (χ2v) is 6.27. The van der Waals surface area contributed by atoms with E-state index in [1.165, 1.54) is 38.5 Å². The maximum absolute atomic E-state index is 6.37. The molecule has 1 saturated carbocycles. The van der Waals surface area contributed by atoms with Crippen LogP contribution in [0.1, 0.15) is 44.2 Å². The van der Waals surface area contributed by atoms with Crippen molar-refractivity contribution >= 4 is 28.7 Å². The van der Waals surface area contributed by atoms with Crippen molar-refractivity contribution in [3.63, 3.8) is 0 Å². The number of imidazole rings is 1. The summed E-state index contributed by atoms with van der Waals surface area (Å²) >= 11 is 12.6. The normalized spacial score (nSPS) is 17.2. The third kappa shape index (κ3) is 2.75. The van der Waals surface area contributed by atoms with Crippen LogP contribution in [0.4, 0.5) is 0 Å². The number of hydrogen-bond acceptors (Lipinski definition) is 1. The molecule has 0 spiro atoms. The largest absolute Gasteiger partial charge is 0.302 e. The molecule has 1 fully saturated rings. The molecule has 0 bridgehead atoms. The predicted molar refractivity (Wildman–Crippen MR) is 80.1 cm³/mol. The number of rotatable bonds is 3. The van der Waals surface area contributed by atoms with Crippen molar-refractivity contribution in [1.29, 1.82) is 0 Å². The summed E-state index contributed by atoms with van der Waals surface area (Å²) in [6.07, 6.45) is 12.7. The van der Waals surface area contributed by atoms with Crippen LogP contribution >= 0.6 is 23.2 Å². The van der Waals surface area contributed by atoms with E-state index in [4.69, 9.17) is 23.2 Å². The molecule has 1 aliphatic carbocycles. The summed E-state index contributed by atoms with van der Waals surface area (Å²) < 4.78 is 2.07. The first kappa shape index (κ1) is 13.3. The first-order valence-electron chi connectivity index (χ1n) is 7.04. The molecule has 0 saturated heterocycles. The number of aryl methyl sites for hydroxylation is 1. The zero-order valence-corrected chi connectivity index (χ0v) is 12.4. The lowest BCUT2D eigenvalue weighted by Gasteiger charge is -2.21. The molecule has 0 radical (unpaired) electrons. The van der Waals surface area contributed by atoms with Gasteiger partial charge in [-0.2, -0.15) is 0 Å². The molecule has 2 aromatic rings. The Morgan fingerprint density at radius 3 is 2.79 bits per heavy atom. The molecule has 0 atom stereocenters. The van der Waals surface area contributed by atoms with Crippen LogP contribution in [0.2, 0.25) is 10.0 Å². The van der Waals surface area contributed by atoms with Crippen molar-refractivity contribution in [2.45, 2.75) is 44.9 Å². The smallest absolute Gasteiger partial charge is 0.0994 e. The first-order valence-corrected chi connectivity index (χ1v) is 7.80. The zero-order valence-electron chi connectivity index (χ0n) is 10.9. The molecule has 2 aromatic heterocycles. The van der Waals surface area contributed by atoms with Gasteiger partial charge in [0.25, 0.3) is 0 Å². The summed E-state index contributed by atoms with van der Waals surface area (Å²) in [6.45, 7) is 0. The molecule has 0 unspecified atom stereocenters. The molecule has 2 nitrogen and oxygen atoms in total. The summed E-state index contributed by atoms with van der Waals surface area (Å²) in [6, 6.07) is 1.88. The van der Waals surface area contributed by atoms with Crippen molar-refractivity contribution < 1.29 is 0 Å². The van der Waals surface area contributed by atoms with Crippen molar-refractivity contribution in [2.24, 2.45) is 5.92 Å². The van der Waals surface area contributed by atoms with E-state index in [0.717, 1.165) is 23.5 Å². The minimum absolute atomic E-state index is 0.633. The van der Waals surface area contributed by atoms with Gasteiger partial charge in [-0.1, -0.05) is 55.3 Å². The topological polar surface area (TPSA) is 17.3 Å². The summed E-state index contributed by atoms with van der Waals surface area (Å²) in [5.41, 5.74) is 2.13. The van der Waals surface area contributed by atoms with Gasteiger partial charge in [-0.25, -0.2) is 4.98 Å². The number of hydrogen-bond donors (Lipinski definition) is 0. The molecule has 3 rings (SSSR count). The quantitative estimate of drug-likeness (QED) is 0.765. The Kier molecular flexibility index (Phi) is 3.99. The third-order valence-corrected chi connectivity index (χ3v) is 5.03. The van der Waals surface area contributed by atoms with Gasteiger partial charge >= 0.3 is 0 Å². The van der Waals surface area contributed by atoms with Crippen molar-refractivity contribution in [3.05, 3.63) is 34.3 Å². The van der Waals surface area contributed by atoms with Gasteiger partial charge in [0, 0.05) is 5.69 Å². The second-order valence-electron chi connectivity index (χ2n) is 5.48. The molecule has 0 N–H and O–H groups in total. The third-order valence-electron chi connectivity index (χ3n) is 4.21. The van der Waals surface area contributed by atoms with E-state index in [1.54, 1.807) is 0 Å². The van der Waals surface area contributed by atoms with E-state index < -0.39 is 0 Å². The molecular formula is C15H18Cl2N2. The van der Waals surface area contributed by atoms with E-state index in [9.17, 15) is 0 Å². The van der Waals surface area contributed by atoms with E-state index in [2.05, 4.69) is 9.38 Å². The van der Waals surface area contributed by atoms with Gasteiger partial charge in [-0.05, 0) is 24.8 Å². The van der Waals surface area contributed by atoms with Gasteiger partial charge in [-0.3, -0.25) is 0 Å². The second kappa shape index (κ2) is 5.72. The number of nitrogens with zero attached hydrogens (tertiary/aromatic N) is 2. The standard InChI is InChI=1S/C15H18Cl2N2/c16-13-8-12-9-18-10-19(12)14(15(13)17)7-6-11-4-2-1-3-5-11/h8-11H,1-7H2. The Bertz CT molecular complexity index is 571. The maximum atomic E-state index is 6.37. The van der Waals surface area contributed by atoms with Crippen LogP contribution in [0.25, 0.3) is 5.52 Å². The lowest BCUT2D eigenvalue weighted by Crippen LogP contribution is -2.09. The number of aromatic nitrogens is 2. The fourth-order valence-corrected chi connectivity index (χ4v) is 3.58. The van der Waals surface area contributed by atoms with Gasteiger partial charge in [-0.15, -0.1) is 0 Å². The first-order chi connectivity index (χ1) is 9.25. The Labute approximate surface area is 123 Å². The molecule has 2 heterocycles. The predicted octanol–water partition coefficient (Wildman–Crippen LogP) is 5.15. The van der Waals surface area contributed by atoms with E-state index in [0.29, 0.717) is 10.0 Å². The van der Waals surface area contributed by atoms with Gasteiger partial charge in [0.05, 0.1) is 28.1 Å². The fraction of sp³-hybridized carbons (Fsp3) is 0.533. The summed E-state index contributed by atoms with van der Waals surface area (Å²) in [7, 11) is 0. The van der Waals surface area contributed by atoms with Crippen LogP contribution in [0.15, 0.2) is 18.6 Å². The van der Waals surface area contributed by atoms with Gasteiger partial charge < -0.3 is 4.40 Å². The van der Waals surface area contributed by atoms with E-state index in [1.807, 2.05) is 18.6 Å². The fourth-order valence-electron chi connectivity index (χ4n) is 3.12. The highest BCUT2D eigenvalue weighted by atomic mass is 35.5. The molecule has 1 aliphatic rings. The van der Waals surface area contributed by atoms with Gasteiger partial charge in [0.15, 0.2) is 0 Å². The highest BCUT2D eigenvalue weighted by molar-refractivity contribution is 6.42. The summed E-state index contributed by atoms with van der Waals surface area (Å²) in [4.78, 5) is 4.18. The highest BCUT2D eigenvalue weighted by Crippen LogP contribution is 2.32. The van der Waals surface area contributed by atoms with Crippen LogP contribution < -0.4 is 0 Å². The van der Waals surface area contributed by atoms with Gasteiger partial charge in [0.2, 0.25) is 0 Å². The maximum Gasteiger partial charge on any atom is 0.0994 e. The number of halogens is 2. The monoisotopic (exact) mass is 296 g/mol. The molecule has 0 amide bonds. The lowest BCUT2D eigenvalue weighted by atomic mass is 9.86. The zero-order chi connectivity index (χ0) is 13.2. The van der Waals surface area contributed by atoms with Crippen LogP contribution in [0.3, 0.4) is 0 Å². The Morgan fingerprint density at radius 1 is 1.21 bits per heavy atom. The average molecular weight is 297 g/mol. The van der Waals surface area contributed by atoms with Crippen LogP contribution in [-0.4, -0.2) is 9.38 Å². The Morgan fingerprint density at radius 2 is 2.00 bits per heavy atom. The average Bonchev–Trinajstić information content (AvgIpc) is 2.88.